The van der Waals surface area contributed by atoms with Crippen molar-refractivity contribution in [2.75, 3.05) is 11.1 Å². The van der Waals surface area contributed by atoms with Gasteiger partial charge in [-0.1, -0.05) is 42.5 Å². The zero-order valence-corrected chi connectivity index (χ0v) is 19.6. The highest BCUT2D eigenvalue weighted by Gasteiger charge is 2.26. The maximum atomic E-state index is 14.3. The summed E-state index contributed by atoms with van der Waals surface area (Å²) in [6, 6.07) is 19.0. The minimum absolute atomic E-state index is 0.0169. The van der Waals surface area contributed by atoms with Gasteiger partial charge in [-0.05, 0) is 47.9 Å². The van der Waals surface area contributed by atoms with Crippen LogP contribution in [0.1, 0.15) is 24.1 Å². The summed E-state index contributed by atoms with van der Waals surface area (Å²) in [7, 11) is 0. The molecule has 7 nitrogen and oxygen atoms in total. The molecule has 9 heteroatoms. The van der Waals surface area contributed by atoms with Gasteiger partial charge in [0.15, 0.2) is 0 Å². The number of hydrogen-bond acceptors (Lipinski definition) is 6. The highest BCUT2D eigenvalue weighted by molar-refractivity contribution is 5.89. The maximum absolute atomic E-state index is 14.3. The summed E-state index contributed by atoms with van der Waals surface area (Å²) < 4.78 is 29.5. The predicted molar refractivity (Wildman–Crippen MR) is 138 cm³/mol. The lowest BCUT2D eigenvalue weighted by molar-refractivity contribution is 0.618. The number of benzene rings is 2. The molecule has 0 spiro atoms. The van der Waals surface area contributed by atoms with Gasteiger partial charge < -0.3 is 11.1 Å². The molecule has 182 valence electrons. The van der Waals surface area contributed by atoms with Crippen molar-refractivity contribution >= 4 is 17.2 Å². The third kappa shape index (κ3) is 4.25. The molecule has 5 rings (SSSR count). The lowest BCUT2D eigenvalue weighted by atomic mass is 9.88. The highest BCUT2D eigenvalue weighted by Crippen LogP contribution is 2.39. The molecule has 0 aliphatic heterocycles. The van der Waals surface area contributed by atoms with Crippen LogP contribution in [0.3, 0.4) is 0 Å². The zero-order chi connectivity index (χ0) is 26.1. The number of nitrogens with one attached hydrogen (secondary N) is 1. The first-order valence-corrected chi connectivity index (χ1v) is 11.3. The second-order valence-electron chi connectivity index (χ2n) is 8.40. The van der Waals surface area contributed by atoms with Gasteiger partial charge in [-0.3, -0.25) is 9.20 Å². The van der Waals surface area contributed by atoms with Crippen LogP contribution >= 0.6 is 0 Å². The van der Waals surface area contributed by atoms with Crippen LogP contribution in [0.25, 0.3) is 27.8 Å². The van der Waals surface area contributed by atoms with Crippen molar-refractivity contribution in [1.82, 2.24) is 14.4 Å². The Morgan fingerprint density at radius 3 is 2.32 bits per heavy atom. The number of pyridine rings is 2. The SMILES string of the molecule is CC(Nc1ncnc(N)c1C#N)c1c(-c2ccccc2)c(=O)n2cc(F)ccc2c1-c1ccc(F)cc1. The van der Waals surface area contributed by atoms with E-state index in [0.717, 1.165) is 6.20 Å². The fraction of sp³-hybridized carbons (Fsp3) is 0.0714. The first-order valence-electron chi connectivity index (χ1n) is 11.3. The van der Waals surface area contributed by atoms with Crippen LogP contribution in [0.4, 0.5) is 20.4 Å². The van der Waals surface area contributed by atoms with Crippen molar-refractivity contribution in [2.45, 2.75) is 13.0 Å². The molecule has 37 heavy (non-hydrogen) atoms. The molecule has 0 aliphatic rings. The van der Waals surface area contributed by atoms with E-state index >= 15 is 0 Å². The molecule has 5 aromatic rings. The lowest BCUT2D eigenvalue weighted by Crippen LogP contribution is -2.23. The molecular weight excluding hydrogens is 474 g/mol. The molecule has 0 aliphatic carbocycles. The van der Waals surface area contributed by atoms with Gasteiger partial charge in [-0.25, -0.2) is 18.7 Å². The van der Waals surface area contributed by atoms with Crippen LogP contribution in [0, 0.1) is 23.0 Å². The molecule has 1 unspecified atom stereocenters. The molecule has 0 amide bonds. The van der Waals surface area contributed by atoms with Gasteiger partial charge in [-0.2, -0.15) is 5.26 Å². The van der Waals surface area contributed by atoms with E-state index in [-0.39, 0.29) is 17.2 Å². The number of anilines is 2. The van der Waals surface area contributed by atoms with Crippen LogP contribution in [-0.2, 0) is 0 Å². The van der Waals surface area contributed by atoms with Crippen molar-refractivity contribution in [1.29, 1.82) is 5.26 Å². The Labute approximate surface area is 210 Å². The van der Waals surface area contributed by atoms with E-state index in [2.05, 4.69) is 15.3 Å². The summed E-state index contributed by atoms with van der Waals surface area (Å²) in [5.74, 6) is -0.778. The van der Waals surface area contributed by atoms with Gasteiger partial charge in [0.1, 0.15) is 41.2 Å². The normalized spacial score (nSPS) is 11.7. The van der Waals surface area contributed by atoms with Gasteiger partial charge in [0, 0.05) is 11.8 Å². The van der Waals surface area contributed by atoms with Crippen LogP contribution in [-0.4, -0.2) is 14.4 Å². The summed E-state index contributed by atoms with van der Waals surface area (Å²) in [5, 5.41) is 12.8. The minimum Gasteiger partial charge on any atom is -0.382 e. The standard InChI is InChI=1S/C28H20F2N6O/c1-16(35-27-21(13-31)26(32)33-15-34-27)23-24(18-7-9-19(29)10-8-18)22-12-11-20(30)14-36(22)28(37)25(23)17-5-3-2-4-6-17/h2-12,14-16H,1H3,(H3,32,33,34,35). The average Bonchev–Trinajstić information content (AvgIpc) is 2.90. The van der Waals surface area contributed by atoms with Gasteiger partial charge in [0.05, 0.1) is 17.1 Å². The molecule has 0 saturated heterocycles. The monoisotopic (exact) mass is 494 g/mol. The second kappa shape index (κ2) is 9.51. The molecule has 1 atom stereocenters. The Bertz CT molecular complexity index is 1730. The average molecular weight is 495 g/mol. The van der Waals surface area contributed by atoms with Crippen LogP contribution in [0.15, 0.2) is 84.0 Å². The molecule has 3 heterocycles. The van der Waals surface area contributed by atoms with E-state index < -0.39 is 23.2 Å². The number of nitrogens with two attached hydrogens (primary N) is 1. The third-order valence-corrected chi connectivity index (χ3v) is 6.11. The summed E-state index contributed by atoms with van der Waals surface area (Å²) in [6.07, 6.45) is 2.38. The summed E-state index contributed by atoms with van der Waals surface area (Å²) in [5.41, 5.74) is 8.66. The quantitative estimate of drug-likeness (QED) is 0.342. The van der Waals surface area contributed by atoms with Crippen molar-refractivity contribution in [3.63, 3.8) is 0 Å². The molecule has 2 aromatic carbocycles. The number of nitrogen functional groups attached to an aromatic ring is 1. The number of nitrogens with zero attached hydrogens (tertiary/aromatic N) is 4. The van der Waals surface area contributed by atoms with Crippen molar-refractivity contribution < 1.29 is 8.78 Å². The Balaban J connectivity index is 1.88. The molecule has 3 N–H and O–H groups in total. The van der Waals surface area contributed by atoms with E-state index in [1.165, 1.54) is 35.0 Å². The third-order valence-electron chi connectivity index (χ3n) is 6.11. The number of aromatic nitrogens is 3. The van der Waals surface area contributed by atoms with Gasteiger partial charge >= 0.3 is 0 Å². The molecule has 0 saturated carbocycles. The number of hydrogen-bond donors (Lipinski definition) is 2. The Morgan fingerprint density at radius 2 is 1.62 bits per heavy atom. The van der Waals surface area contributed by atoms with E-state index in [9.17, 15) is 18.8 Å². The number of fused-ring (bicyclic) bond motifs is 1. The summed E-state index contributed by atoms with van der Waals surface area (Å²) in [4.78, 5) is 21.9. The first kappa shape index (κ1) is 23.6. The van der Waals surface area contributed by atoms with Gasteiger partial charge in [0.25, 0.3) is 5.56 Å². The van der Waals surface area contributed by atoms with E-state index in [0.29, 0.717) is 33.3 Å². The van der Waals surface area contributed by atoms with Crippen molar-refractivity contribution in [3.05, 3.63) is 112 Å². The van der Waals surface area contributed by atoms with Gasteiger partial charge in [0.2, 0.25) is 0 Å². The molecular formula is C28H20F2N6O. The molecule has 0 bridgehead atoms. The van der Waals surface area contributed by atoms with Crippen molar-refractivity contribution in [2.24, 2.45) is 0 Å². The first-order chi connectivity index (χ1) is 17.9. The van der Waals surface area contributed by atoms with Crippen LogP contribution in [0.2, 0.25) is 0 Å². The number of nitriles is 1. The van der Waals surface area contributed by atoms with Crippen LogP contribution in [0.5, 0.6) is 0 Å². The fourth-order valence-electron chi connectivity index (χ4n) is 4.48. The highest BCUT2D eigenvalue weighted by atomic mass is 19.1. The Morgan fingerprint density at radius 1 is 0.946 bits per heavy atom. The Kier molecular flexibility index (Phi) is 6.07. The molecule has 0 fully saturated rings. The largest absolute Gasteiger partial charge is 0.382 e. The molecule has 0 radical (unpaired) electrons. The second-order valence-corrected chi connectivity index (χ2v) is 8.40. The maximum Gasteiger partial charge on any atom is 0.263 e. The smallest absolute Gasteiger partial charge is 0.263 e. The minimum atomic E-state index is -0.598. The predicted octanol–water partition coefficient (Wildman–Crippen LogP) is 5.33. The van der Waals surface area contributed by atoms with E-state index in [1.54, 1.807) is 36.4 Å². The van der Waals surface area contributed by atoms with Crippen LogP contribution < -0.4 is 16.6 Å². The number of rotatable bonds is 5. The zero-order valence-electron chi connectivity index (χ0n) is 19.6. The van der Waals surface area contributed by atoms with E-state index in [1.807, 2.05) is 19.1 Å². The van der Waals surface area contributed by atoms with Crippen molar-refractivity contribution in [3.8, 4) is 28.3 Å². The Hall–Kier alpha value is -5.10. The van der Waals surface area contributed by atoms with Gasteiger partial charge in [-0.15, -0.1) is 0 Å². The number of halogens is 2. The lowest BCUT2D eigenvalue weighted by Gasteiger charge is -2.24. The fourth-order valence-corrected chi connectivity index (χ4v) is 4.48. The topological polar surface area (TPSA) is 109 Å². The molecule has 3 aromatic heterocycles. The summed E-state index contributed by atoms with van der Waals surface area (Å²) >= 11 is 0. The summed E-state index contributed by atoms with van der Waals surface area (Å²) in [6.45, 7) is 1.81. The van der Waals surface area contributed by atoms with E-state index in [4.69, 9.17) is 5.73 Å².